The summed E-state index contributed by atoms with van der Waals surface area (Å²) in [5, 5.41) is 5.88. The van der Waals surface area contributed by atoms with Crippen LogP contribution in [0.4, 0.5) is 0 Å². The number of nitrogens with one attached hydrogen (secondary N) is 2. The van der Waals surface area contributed by atoms with Crippen molar-refractivity contribution in [1.29, 1.82) is 0 Å². The molecule has 1 saturated heterocycles. The number of hydrogen-bond acceptors (Lipinski definition) is 4. The number of carbonyl (C=O) groups is 1. The summed E-state index contributed by atoms with van der Waals surface area (Å²) in [4.78, 5) is 18.9. The fourth-order valence-corrected chi connectivity index (χ4v) is 2.99. The van der Waals surface area contributed by atoms with Crippen LogP contribution in [0.2, 0.25) is 0 Å². The van der Waals surface area contributed by atoms with Gasteiger partial charge in [0.25, 0.3) is 5.91 Å². The largest absolute Gasteiger partial charge is 0.497 e. The molecule has 7 nitrogen and oxygen atoms in total. The molecule has 2 rings (SSSR count). The molecule has 26 heavy (non-hydrogen) atoms. The molecular weight excluding hydrogens is 445 g/mol. The van der Waals surface area contributed by atoms with Crippen LogP contribution < -0.4 is 21.1 Å². The number of carbonyl (C=O) groups excluding carboxylic acids is 1. The highest BCUT2D eigenvalue weighted by atomic mass is 127. The molecule has 1 unspecified atom stereocenters. The Morgan fingerprint density at radius 2 is 2.00 bits per heavy atom. The van der Waals surface area contributed by atoms with Gasteiger partial charge in [-0.2, -0.15) is 0 Å². The molecule has 1 aliphatic heterocycles. The smallest absolute Gasteiger partial charge is 0.251 e. The molecule has 1 aromatic rings. The number of guanidine groups is 1. The number of rotatable bonds is 8. The van der Waals surface area contributed by atoms with Gasteiger partial charge in [-0.1, -0.05) is 6.92 Å². The summed E-state index contributed by atoms with van der Waals surface area (Å²) in [7, 11) is 1.60. The Balaban J connectivity index is 0.00000338. The zero-order chi connectivity index (χ0) is 18.1. The predicted octanol–water partition coefficient (Wildman–Crippen LogP) is 1.43. The van der Waals surface area contributed by atoms with Crippen molar-refractivity contribution >= 4 is 35.8 Å². The van der Waals surface area contributed by atoms with Crippen molar-refractivity contribution < 1.29 is 9.53 Å². The van der Waals surface area contributed by atoms with E-state index in [9.17, 15) is 4.79 Å². The first-order valence-corrected chi connectivity index (χ1v) is 8.84. The molecule has 0 bridgehead atoms. The summed E-state index contributed by atoms with van der Waals surface area (Å²) in [5.41, 5.74) is 6.49. The summed E-state index contributed by atoms with van der Waals surface area (Å²) in [6, 6.07) is 7.50. The Bertz CT molecular complexity index is 579. The molecule has 1 aliphatic rings. The Morgan fingerprint density at radius 3 is 2.65 bits per heavy atom. The third kappa shape index (κ3) is 6.99. The zero-order valence-electron chi connectivity index (χ0n) is 15.5. The quantitative estimate of drug-likeness (QED) is 0.229. The van der Waals surface area contributed by atoms with Crippen LogP contribution in [0, 0.1) is 0 Å². The summed E-state index contributed by atoms with van der Waals surface area (Å²) in [6.45, 7) is 6.14. The van der Waals surface area contributed by atoms with Crippen LogP contribution in [0.15, 0.2) is 29.3 Å². The summed E-state index contributed by atoms with van der Waals surface area (Å²) >= 11 is 0. The zero-order valence-corrected chi connectivity index (χ0v) is 17.9. The van der Waals surface area contributed by atoms with Gasteiger partial charge in [0.2, 0.25) is 0 Å². The maximum atomic E-state index is 12.0. The topological polar surface area (TPSA) is 92.0 Å². The van der Waals surface area contributed by atoms with E-state index in [1.807, 2.05) is 0 Å². The first-order valence-electron chi connectivity index (χ1n) is 8.84. The van der Waals surface area contributed by atoms with Gasteiger partial charge in [-0.05, 0) is 50.2 Å². The Kier molecular flexibility index (Phi) is 10.3. The molecule has 8 heteroatoms. The van der Waals surface area contributed by atoms with E-state index in [4.69, 9.17) is 10.5 Å². The first-order chi connectivity index (χ1) is 12.1. The molecule has 1 atom stereocenters. The first kappa shape index (κ1) is 22.5. The minimum atomic E-state index is -0.121. The predicted molar refractivity (Wildman–Crippen MR) is 116 cm³/mol. The second kappa shape index (κ2) is 11.9. The second-order valence-corrected chi connectivity index (χ2v) is 6.06. The van der Waals surface area contributed by atoms with E-state index in [2.05, 4.69) is 27.4 Å². The average Bonchev–Trinajstić information content (AvgIpc) is 3.11. The van der Waals surface area contributed by atoms with Gasteiger partial charge < -0.3 is 21.1 Å². The molecule has 0 spiro atoms. The molecule has 0 aromatic heterocycles. The van der Waals surface area contributed by atoms with Gasteiger partial charge >= 0.3 is 0 Å². The van der Waals surface area contributed by atoms with E-state index in [-0.39, 0.29) is 29.9 Å². The number of hydrogen-bond donors (Lipinski definition) is 3. The number of halogens is 1. The molecule has 1 amide bonds. The van der Waals surface area contributed by atoms with E-state index in [0.29, 0.717) is 30.7 Å². The van der Waals surface area contributed by atoms with Crippen LogP contribution in [0.3, 0.4) is 0 Å². The number of likely N-dealkylation sites (tertiary alicyclic amines) is 1. The van der Waals surface area contributed by atoms with Crippen LogP contribution in [0.1, 0.15) is 30.1 Å². The van der Waals surface area contributed by atoms with Gasteiger partial charge in [0.15, 0.2) is 5.96 Å². The van der Waals surface area contributed by atoms with Crippen LogP contribution >= 0.6 is 24.0 Å². The van der Waals surface area contributed by atoms with Crippen LogP contribution in [0.5, 0.6) is 5.75 Å². The molecule has 0 saturated carbocycles. The fourth-order valence-electron chi connectivity index (χ4n) is 2.99. The van der Waals surface area contributed by atoms with Crippen molar-refractivity contribution in [3.8, 4) is 5.75 Å². The lowest BCUT2D eigenvalue weighted by atomic mass is 10.2. The molecule has 1 heterocycles. The lowest BCUT2D eigenvalue weighted by Gasteiger charge is -2.20. The molecule has 0 radical (unpaired) electrons. The number of benzene rings is 1. The van der Waals surface area contributed by atoms with E-state index in [1.165, 1.54) is 12.8 Å². The second-order valence-electron chi connectivity index (χ2n) is 6.06. The van der Waals surface area contributed by atoms with E-state index >= 15 is 0 Å². The minimum Gasteiger partial charge on any atom is -0.497 e. The maximum Gasteiger partial charge on any atom is 0.251 e. The van der Waals surface area contributed by atoms with Crippen molar-refractivity contribution in [2.24, 2.45) is 10.7 Å². The monoisotopic (exact) mass is 475 g/mol. The highest BCUT2D eigenvalue weighted by Crippen LogP contribution is 2.16. The number of nitrogens with two attached hydrogens (primary N) is 1. The number of aliphatic imine (C=N–C) groups is 1. The highest BCUT2D eigenvalue weighted by molar-refractivity contribution is 14.0. The number of amides is 1. The summed E-state index contributed by atoms with van der Waals surface area (Å²) < 4.78 is 5.08. The maximum absolute atomic E-state index is 12.0. The molecule has 1 aromatic carbocycles. The normalized spacial score (nSPS) is 17.5. The average molecular weight is 475 g/mol. The Labute approximate surface area is 172 Å². The number of ether oxygens (including phenoxy) is 1. The van der Waals surface area contributed by atoms with Gasteiger partial charge in [-0.25, -0.2) is 0 Å². The molecule has 0 aliphatic carbocycles. The number of nitrogens with zero attached hydrogens (tertiary/aromatic N) is 2. The van der Waals surface area contributed by atoms with Gasteiger partial charge in [0.1, 0.15) is 5.75 Å². The highest BCUT2D eigenvalue weighted by Gasteiger charge is 2.22. The lowest BCUT2D eigenvalue weighted by Crippen LogP contribution is -2.39. The minimum absolute atomic E-state index is 0. The van der Waals surface area contributed by atoms with Crippen LogP contribution in [-0.2, 0) is 0 Å². The van der Waals surface area contributed by atoms with Crippen molar-refractivity contribution in [2.45, 2.75) is 25.8 Å². The van der Waals surface area contributed by atoms with E-state index in [1.54, 1.807) is 31.4 Å². The third-order valence-corrected chi connectivity index (χ3v) is 4.45. The van der Waals surface area contributed by atoms with Crippen LogP contribution in [-0.4, -0.2) is 62.6 Å². The number of likely N-dealkylation sites (N-methyl/N-ethyl adjacent to an activating group) is 1. The van der Waals surface area contributed by atoms with Crippen LogP contribution in [0.25, 0.3) is 0 Å². The van der Waals surface area contributed by atoms with Gasteiger partial charge in [-0.3, -0.25) is 14.7 Å². The van der Waals surface area contributed by atoms with E-state index < -0.39 is 0 Å². The standard InChI is InChI=1S/C18H29N5O2.HI/c1-3-23-12-4-5-15(23)13-22-18(19)21-11-10-20-17(24)14-6-8-16(25-2)9-7-14;/h6-9,15H,3-5,10-13H2,1-2H3,(H,20,24)(H3,19,21,22);1H. The van der Waals surface area contributed by atoms with Crippen molar-refractivity contribution in [2.75, 3.05) is 39.8 Å². The van der Waals surface area contributed by atoms with Crippen molar-refractivity contribution in [1.82, 2.24) is 15.5 Å². The summed E-state index contributed by atoms with van der Waals surface area (Å²) in [5.74, 6) is 1.04. The van der Waals surface area contributed by atoms with Gasteiger partial charge in [0.05, 0.1) is 13.7 Å². The third-order valence-electron chi connectivity index (χ3n) is 4.45. The molecule has 146 valence electrons. The van der Waals surface area contributed by atoms with Gasteiger partial charge in [0, 0.05) is 24.7 Å². The molecular formula is C18H30IN5O2. The van der Waals surface area contributed by atoms with Gasteiger partial charge in [-0.15, -0.1) is 24.0 Å². The lowest BCUT2D eigenvalue weighted by molar-refractivity contribution is 0.0954. The molecule has 1 fully saturated rings. The number of methoxy groups -OCH3 is 1. The SMILES string of the molecule is CCN1CCCC1CN=C(N)NCCNC(=O)c1ccc(OC)cc1.I. The Hall–Kier alpha value is -1.55. The molecule has 4 N–H and O–H groups in total. The van der Waals surface area contributed by atoms with E-state index in [0.717, 1.165) is 25.4 Å². The van der Waals surface area contributed by atoms with Crippen molar-refractivity contribution in [3.63, 3.8) is 0 Å². The van der Waals surface area contributed by atoms with Crippen molar-refractivity contribution in [3.05, 3.63) is 29.8 Å². The summed E-state index contributed by atoms with van der Waals surface area (Å²) in [6.07, 6.45) is 2.42. The Morgan fingerprint density at radius 1 is 1.31 bits per heavy atom. The fraction of sp³-hybridized carbons (Fsp3) is 0.556.